The van der Waals surface area contributed by atoms with E-state index in [4.69, 9.17) is 10.5 Å². The zero-order valence-electron chi connectivity index (χ0n) is 9.24. The molecule has 0 aliphatic carbocycles. The highest BCUT2D eigenvalue weighted by atomic mass is 79.9. The highest BCUT2D eigenvalue weighted by Gasteiger charge is 2.11. The van der Waals surface area contributed by atoms with Gasteiger partial charge in [0.05, 0.1) is 18.0 Å². The summed E-state index contributed by atoms with van der Waals surface area (Å²) in [5.41, 5.74) is 6.93. The number of aromatic amines is 1. The number of nitrogens with one attached hydrogen (secondary N) is 1. The van der Waals surface area contributed by atoms with E-state index in [2.05, 4.69) is 21.0 Å². The van der Waals surface area contributed by atoms with E-state index in [1.165, 1.54) is 4.68 Å². The van der Waals surface area contributed by atoms with Crippen molar-refractivity contribution in [1.29, 1.82) is 0 Å². The molecule has 5 nitrogen and oxygen atoms in total. The Kier molecular flexibility index (Phi) is 3.35. The summed E-state index contributed by atoms with van der Waals surface area (Å²) in [6.45, 7) is 0.280. The number of methoxy groups -OCH3 is 1. The van der Waals surface area contributed by atoms with Crippen molar-refractivity contribution >= 4 is 21.6 Å². The second-order valence-corrected chi connectivity index (χ2v) is 4.47. The van der Waals surface area contributed by atoms with Crippen LogP contribution in [-0.2, 0) is 11.3 Å². The highest BCUT2D eigenvalue weighted by Crippen LogP contribution is 2.15. The van der Waals surface area contributed by atoms with E-state index >= 15 is 0 Å². The molecule has 3 N–H and O–H groups in total. The Morgan fingerprint density at radius 1 is 1.53 bits per heavy atom. The third-order valence-corrected chi connectivity index (χ3v) is 2.85. The molecule has 17 heavy (non-hydrogen) atoms. The van der Waals surface area contributed by atoms with Crippen LogP contribution in [-0.4, -0.2) is 16.9 Å². The van der Waals surface area contributed by atoms with Crippen molar-refractivity contribution in [2.24, 2.45) is 0 Å². The summed E-state index contributed by atoms with van der Waals surface area (Å²) in [4.78, 5) is 11.9. The Hall–Kier alpha value is -1.53. The van der Waals surface area contributed by atoms with Crippen LogP contribution >= 0.6 is 15.9 Å². The summed E-state index contributed by atoms with van der Waals surface area (Å²) in [6, 6.07) is 7.38. The Morgan fingerprint density at radius 2 is 2.29 bits per heavy atom. The van der Waals surface area contributed by atoms with Gasteiger partial charge in [0.2, 0.25) is 0 Å². The smallest absolute Gasteiger partial charge is 0.294 e. The predicted molar refractivity (Wildman–Crippen MR) is 69.2 cm³/mol. The number of H-pyrrole nitrogens is 1. The van der Waals surface area contributed by atoms with Crippen molar-refractivity contribution in [3.8, 4) is 5.69 Å². The Balaban J connectivity index is 2.53. The molecule has 6 heteroatoms. The van der Waals surface area contributed by atoms with Crippen LogP contribution in [0.1, 0.15) is 5.69 Å². The van der Waals surface area contributed by atoms with Crippen molar-refractivity contribution < 1.29 is 4.74 Å². The van der Waals surface area contributed by atoms with E-state index in [9.17, 15) is 4.79 Å². The number of nitrogens with zero attached hydrogens (tertiary/aromatic N) is 1. The molecule has 0 aliphatic heterocycles. The van der Waals surface area contributed by atoms with Crippen molar-refractivity contribution in [3.05, 3.63) is 44.8 Å². The number of hydrogen-bond acceptors (Lipinski definition) is 3. The molecule has 0 saturated carbocycles. The van der Waals surface area contributed by atoms with Crippen LogP contribution in [0.2, 0.25) is 0 Å². The van der Waals surface area contributed by atoms with E-state index in [0.29, 0.717) is 5.69 Å². The lowest BCUT2D eigenvalue weighted by Crippen LogP contribution is -2.16. The average molecular weight is 298 g/mol. The molecule has 0 bridgehead atoms. The maximum absolute atomic E-state index is 11.9. The quantitative estimate of drug-likeness (QED) is 0.905. The van der Waals surface area contributed by atoms with Gasteiger partial charge in [-0.1, -0.05) is 22.0 Å². The van der Waals surface area contributed by atoms with Crippen LogP contribution in [0.4, 0.5) is 5.69 Å². The number of rotatable bonds is 3. The first-order chi connectivity index (χ1) is 8.13. The highest BCUT2D eigenvalue weighted by molar-refractivity contribution is 9.10. The topological polar surface area (TPSA) is 73.0 Å². The maximum atomic E-state index is 11.9. The molecule has 0 aliphatic rings. The summed E-state index contributed by atoms with van der Waals surface area (Å²) in [7, 11) is 1.55. The fourth-order valence-electron chi connectivity index (χ4n) is 1.55. The molecular weight excluding hydrogens is 286 g/mol. The average Bonchev–Trinajstić information content (AvgIpc) is 2.58. The van der Waals surface area contributed by atoms with Gasteiger partial charge in [-0.2, -0.15) is 0 Å². The van der Waals surface area contributed by atoms with Gasteiger partial charge in [-0.3, -0.25) is 9.89 Å². The number of ether oxygens (including phenoxy) is 1. The van der Waals surface area contributed by atoms with Crippen LogP contribution in [0, 0.1) is 0 Å². The monoisotopic (exact) mass is 297 g/mol. The van der Waals surface area contributed by atoms with Crippen molar-refractivity contribution in [2.45, 2.75) is 6.61 Å². The van der Waals surface area contributed by atoms with Crippen molar-refractivity contribution in [3.63, 3.8) is 0 Å². The first-order valence-corrected chi connectivity index (χ1v) is 5.77. The van der Waals surface area contributed by atoms with Gasteiger partial charge < -0.3 is 10.5 Å². The van der Waals surface area contributed by atoms with Crippen LogP contribution < -0.4 is 11.3 Å². The Bertz CT molecular complexity index is 589. The second kappa shape index (κ2) is 4.77. The molecule has 2 aromatic rings. The predicted octanol–water partition coefficient (Wildman–Crippen LogP) is 1.66. The summed E-state index contributed by atoms with van der Waals surface area (Å²) < 4.78 is 7.25. The minimum atomic E-state index is -0.268. The van der Waals surface area contributed by atoms with E-state index in [1.807, 2.05) is 24.3 Å². The number of benzene rings is 1. The molecule has 2 rings (SSSR count). The maximum Gasteiger partial charge on any atom is 0.294 e. The van der Waals surface area contributed by atoms with Crippen LogP contribution in [0.15, 0.2) is 33.5 Å². The fraction of sp³-hybridized carbons (Fsp3) is 0.182. The molecule has 1 aromatic heterocycles. The van der Waals surface area contributed by atoms with E-state index in [-0.39, 0.29) is 17.9 Å². The summed E-state index contributed by atoms with van der Waals surface area (Å²) >= 11 is 3.35. The number of aromatic nitrogens is 2. The SMILES string of the molecule is COCc1[nH]n(-c2cccc(Br)c2)c(=O)c1N. The normalized spacial score (nSPS) is 10.7. The Morgan fingerprint density at radius 3 is 2.94 bits per heavy atom. The number of halogens is 1. The molecule has 90 valence electrons. The van der Waals surface area contributed by atoms with Gasteiger partial charge >= 0.3 is 0 Å². The van der Waals surface area contributed by atoms with Gasteiger partial charge in [-0.15, -0.1) is 0 Å². The molecule has 0 atom stereocenters. The van der Waals surface area contributed by atoms with Crippen LogP contribution in [0.3, 0.4) is 0 Å². The van der Waals surface area contributed by atoms with Gasteiger partial charge in [0.25, 0.3) is 5.56 Å². The summed E-state index contributed by atoms with van der Waals surface area (Å²) in [5.74, 6) is 0. The minimum absolute atomic E-state index is 0.187. The zero-order chi connectivity index (χ0) is 12.4. The minimum Gasteiger partial charge on any atom is -0.393 e. The lowest BCUT2D eigenvalue weighted by Gasteiger charge is -2.01. The van der Waals surface area contributed by atoms with Crippen LogP contribution in [0.25, 0.3) is 5.69 Å². The third kappa shape index (κ3) is 2.27. The van der Waals surface area contributed by atoms with E-state index < -0.39 is 0 Å². The van der Waals surface area contributed by atoms with E-state index in [1.54, 1.807) is 7.11 Å². The molecule has 0 spiro atoms. The van der Waals surface area contributed by atoms with Gasteiger partial charge in [-0.25, -0.2) is 4.68 Å². The second-order valence-electron chi connectivity index (χ2n) is 3.56. The van der Waals surface area contributed by atoms with Crippen LogP contribution in [0.5, 0.6) is 0 Å². The summed E-state index contributed by atoms with van der Waals surface area (Å²) in [5, 5.41) is 2.93. The molecule has 0 radical (unpaired) electrons. The first-order valence-electron chi connectivity index (χ1n) is 4.97. The summed E-state index contributed by atoms with van der Waals surface area (Å²) in [6.07, 6.45) is 0. The van der Waals surface area contributed by atoms with Crippen molar-refractivity contribution in [2.75, 3.05) is 12.8 Å². The molecule has 0 amide bonds. The number of nitrogens with two attached hydrogens (primary N) is 1. The third-order valence-electron chi connectivity index (χ3n) is 2.36. The largest absolute Gasteiger partial charge is 0.393 e. The van der Waals surface area contributed by atoms with Gasteiger partial charge in [0.1, 0.15) is 5.69 Å². The number of anilines is 1. The molecule has 1 heterocycles. The lowest BCUT2D eigenvalue weighted by atomic mass is 10.3. The van der Waals surface area contributed by atoms with Gasteiger partial charge in [0, 0.05) is 11.6 Å². The van der Waals surface area contributed by atoms with Gasteiger partial charge in [0.15, 0.2) is 0 Å². The van der Waals surface area contributed by atoms with Crippen molar-refractivity contribution in [1.82, 2.24) is 9.78 Å². The lowest BCUT2D eigenvalue weighted by molar-refractivity contribution is 0.181. The molecular formula is C11H12BrN3O2. The fourth-order valence-corrected chi connectivity index (χ4v) is 1.93. The van der Waals surface area contributed by atoms with E-state index in [0.717, 1.165) is 10.2 Å². The molecule has 1 aromatic carbocycles. The van der Waals surface area contributed by atoms with Gasteiger partial charge in [-0.05, 0) is 18.2 Å². The molecule has 0 saturated heterocycles. The number of nitrogen functional groups attached to an aromatic ring is 1. The Labute approximate surface area is 106 Å². The zero-order valence-corrected chi connectivity index (χ0v) is 10.8. The molecule has 0 fully saturated rings. The standard InChI is InChI=1S/C11H12BrN3O2/c1-17-6-9-10(13)11(16)15(14-9)8-4-2-3-7(12)5-8/h2-5,14H,6,13H2,1H3. The molecule has 0 unspecified atom stereocenters. The number of hydrogen-bond donors (Lipinski definition) is 2. The first kappa shape index (κ1) is 11.9.